The van der Waals surface area contributed by atoms with Crippen molar-refractivity contribution in [3.05, 3.63) is 182 Å². The molecule has 1 nitrogen and oxygen atoms in total. The molecule has 0 aliphatic carbocycles. The van der Waals surface area contributed by atoms with Crippen LogP contribution in [0.5, 0.6) is 0 Å². The summed E-state index contributed by atoms with van der Waals surface area (Å²) in [6.07, 6.45) is 0. The molecule has 0 bridgehead atoms. The molecule has 1 N–H and O–H groups in total. The summed E-state index contributed by atoms with van der Waals surface area (Å²) in [6.45, 7) is 0. The summed E-state index contributed by atoms with van der Waals surface area (Å²) < 4.78 is 0. The Labute approximate surface area is 274 Å². The minimum Gasteiger partial charge on any atom is -0.356 e. The lowest BCUT2D eigenvalue weighted by Gasteiger charge is -2.14. The second kappa shape index (κ2) is 11.3. The largest absolute Gasteiger partial charge is 0.356 e. The van der Waals surface area contributed by atoms with Crippen LogP contribution in [-0.2, 0) is 0 Å². The van der Waals surface area contributed by atoms with Crippen molar-refractivity contribution in [2.45, 2.75) is 0 Å². The van der Waals surface area contributed by atoms with Gasteiger partial charge in [-0.05, 0) is 113 Å². The highest BCUT2D eigenvalue weighted by Gasteiger charge is 2.11. The molecule has 0 aliphatic heterocycles. The van der Waals surface area contributed by atoms with E-state index in [4.69, 9.17) is 0 Å². The number of benzene rings is 9. The Hall–Kier alpha value is -6.18. The zero-order valence-corrected chi connectivity index (χ0v) is 25.8. The molecule has 0 unspecified atom stereocenters. The van der Waals surface area contributed by atoms with E-state index in [1.165, 1.54) is 76.5 Å². The van der Waals surface area contributed by atoms with Gasteiger partial charge < -0.3 is 5.32 Å². The van der Waals surface area contributed by atoms with Gasteiger partial charge in [0.15, 0.2) is 0 Å². The molecule has 0 amide bonds. The van der Waals surface area contributed by atoms with Crippen LogP contribution in [0, 0.1) is 0 Å². The van der Waals surface area contributed by atoms with Crippen molar-refractivity contribution in [3.63, 3.8) is 0 Å². The Morgan fingerprint density at radius 3 is 1.51 bits per heavy atom. The van der Waals surface area contributed by atoms with Crippen LogP contribution in [0.2, 0.25) is 0 Å². The molecule has 47 heavy (non-hydrogen) atoms. The first-order valence-electron chi connectivity index (χ1n) is 16.2. The molecule has 9 aromatic rings. The molecule has 0 spiro atoms. The Morgan fingerprint density at radius 2 is 0.787 bits per heavy atom. The van der Waals surface area contributed by atoms with Crippen LogP contribution in [0.25, 0.3) is 76.5 Å². The fraction of sp³-hybridized carbons (Fsp3) is 0. The van der Waals surface area contributed by atoms with Gasteiger partial charge in [0.2, 0.25) is 0 Å². The zero-order valence-electron chi connectivity index (χ0n) is 25.8. The van der Waals surface area contributed by atoms with Crippen molar-refractivity contribution in [1.29, 1.82) is 0 Å². The van der Waals surface area contributed by atoms with Crippen LogP contribution in [0.15, 0.2) is 182 Å². The Bertz CT molecular complexity index is 2580. The van der Waals surface area contributed by atoms with Gasteiger partial charge in [-0.15, -0.1) is 0 Å². The number of anilines is 2. The number of hydrogen-bond acceptors (Lipinski definition) is 1. The molecule has 1 heteroatoms. The monoisotopic (exact) mass is 597 g/mol. The van der Waals surface area contributed by atoms with Crippen LogP contribution < -0.4 is 5.32 Å². The van der Waals surface area contributed by atoms with Crippen LogP contribution in [0.3, 0.4) is 0 Å². The van der Waals surface area contributed by atoms with E-state index >= 15 is 0 Å². The maximum Gasteiger partial charge on any atom is 0.0390 e. The molecule has 220 valence electrons. The van der Waals surface area contributed by atoms with Gasteiger partial charge in [0.25, 0.3) is 0 Å². The van der Waals surface area contributed by atoms with Gasteiger partial charge in [0.05, 0.1) is 0 Å². The minimum absolute atomic E-state index is 1.06. The van der Waals surface area contributed by atoms with Gasteiger partial charge in [0.1, 0.15) is 0 Å². The molecular formula is C46H31N. The molecule has 0 atom stereocenters. The van der Waals surface area contributed by atoms with Gasteiger partial charge in [0, 0.05) is 11.4 Å². The van der Waals surface area contributed by atoms with E-state index in [9.17, 15) is 0 Å². The fourth-order valence-electron chi connectivity index (χ4n) is 7.11. The summed E-state index contributed by atoms with van der Waals surface area (Å²) >= 11 is 0. The summed E-state index contributed by atoms with van der Waals surface area (Å²) in [7, 11) is 0. The molecular weight excluding hydrogens is 567 g/mol. The predicted octanol–water partition coefficient (Wildman–Crippen LogP) is 13.0. The highest BCUT2D eigenvalue weighted by Crippen LogP contribution is 2.38. The molecule has 9 rings (SSSR count). The molecule has 0 radical (unpaired) electrons. The van der Waals surface area contributed by atoms with Crippen molar-refractivity contribution in [1.82, 2.24) is 0 Å². The van der Waals surface area contributed by atoms with E-state index in [0.29, 0.717) is 0 Å². The quantitative estimate of drug-likeness (QED) is 0.195. The van der Waals surface area contributed by atoms with Crippen molar-refractivity contribution in [3.8, 4) is 33.4 Å². The first-order valence-corrected chi connectivity index (χ1v) is 16.2. The molecule has 0 saturated carbocycles. The maximum atomic E-state index is 3.66. The van der Waals surface area contributed by atoms with E-state index in [1.807, 2.05) is 0 Å². The average Bonchev–Trinajstić information content (AvgIpc) is 3.14. The molecule has 0 saturated heterocycles. The summed E-state index contributed by atoms with van der Waals surface area (Å²) in [5.74, 6) is 0. The number of nitrogens with one attached hydrogen (secondary N) is 1. The second-order valence-corrected chi connectivity index (χ2v) is 12.2. The third-order valence-corrected chi connectivity index (χ3v) is 9.41. The standard InChI is InChI=1S/C46H31N/c1-2-10-32(11-3-1)40-26-27-41(44-16-7-6-15-43(40)44)33-21-23-37(24-22-33)47-38-25-20-31-18-19-35(28-36(31)29-38)46-30-34-12-4-5-13-39(34)42-14-8-9-17-45(42)46/h1-30,47H. The van der Waals surface area contributed by atoms with Gasteiger partial charge in [-0.25, -0.2) is 0 Å². The fourth-order valence-corrected chi connectivity index (χ4v) is 7.11. The maximum absolute atomic E-state index is 3.66. The van der Waals surface area contributed by atoms with E-state index in [2.05, 4.69) is 187 Å². The SMILES string of the molecule is c1ccc(-c2ccc(-c3ccc(Nc4ccc5ccc(-c6cc7ccccc7c7ccccc67)cc5c4)cc3)c3ccccc23)cc1. The van der Waals surface area contributed by atoms with E-state index in [1.54, 1.807) is 0 Å². The molecule has 0 aliphatic rings. The highest BCUT2D eigenvalue weighted by atomic mass is 14.9. The summed E-state index contributed by atoms with van der Waals surface area (Å²) in [4.78, 5) is 0. The highest BCUT2D eigenvalue weighted by molar-refractivity contribution is 6.14. The van der Waals surface area contributed by atoms with Gasteiger partial charge in [-0.3, -0.25) is 0 Å². The van der Waals surface area contributed by atoms with Gasteiger partial charge >= 0.3 is 0 Å². The Kier molecular flexibility index (Phi) is 6.54. The number of hydrogen-bond donors (Lipinski definition) is 1. The van der Waals surface area contributed by atoms with Gasteiger partial charge in [-0.2, -0.15) is 0 Å². The molecule has 0 heterocycles. The summed E-state index contributed by atoms with van der Waals surface area (Å²) in [6, 6.07) is 65.8. The van der Waals surface area contributed by atoms with E-state index in [0.717, 1.165) is 11.4 Å². The lowest BCUT2D eigenvalue weighted by Crippen LogP contribution is -1.91. The normalized spacial score (nSPS) is 11.4. The van der Waals surface area contributed by atoms with Crippen LogP contribution in [0.1, 0.15) is 0 Å². The van der Waals surface area contributed by atoms with E-state index < -0.39 is 0 Å². The molecule has 0 aromatic heterocycles. The van der Waals surface area contributed by atoms with Crippen LogP contribution in [0.4, 0.5) is 11.4 Å². The average molecular weight is 598 g/mol. The van der Waals surface area contributed by atoms with Crippen molar-refractivity contribution in [2.24, 2.45) is 0 Å². The smallest absolute Gasteiger partial charge is 0.0390 e. The third kappa shape index (κ3) is 4.90. The Morgan fingerprint density at radius 1 is 0.255 bits per heavy atom. The van der Waals surface area contributed by atoms with Crippen molar-refractivity contribution < 1.29 is 0 Å². The van der Waals surface area contributed by atoms with Gasteiger partial charge in [-0.1, -0.05) is 146 Å². The van der Waals surface area contributed by atoms with Crippen LogP contribution >= 0.6 is 0 Å². The number of fused-ring (bicyclic) bond motifs is 5. The zero-order chi connectivity index (χ0) is 31.2. The third-order valence-electron chi connectivity index (χ3n) is 9.41. The lowest BCUT2D eigenvalue weighted by atomic mass is 9.92. The first kappa shape index (κ1) is 27.2. The van der Waals surface area contributed by atoms with Crippen molar-refractivity contribution in [2.75, 3.05) is 5.32 Å². The predicted molar refractivity (Wildman–Crippen MR) is 202 cm³/mol. The Balaban J connectivity index is 1.04. The first-order chi connectivity index (χ1) is 23.3. The molecule has 9 aromatic carbocycles. The summed E-state index contributed by atoms with van der Waals surface area (Å²) in [5.41, 5.74) is 9.58. The summed E-state index contributed by atoms with van der Waals surface area (Å²) in [5, 5.41) is 13.8. The second-order valence-electron chi connectivity index (χ2n) is 12.2. The minimum atomic E-state index is 1.06. The van der Waals surface area contributed by atoms with Crippen molar-refractivity contribution >= 4 is 54.5 Å². The topological polar surface area (TPSA) is 12.0 Å². The number of rotatable bonds is 5. The molecule has 0 fully saturated rings. The van der Waals surface area contributed by atoms with Crippen LogP contribution in [-0.4, -0.2) is 0 Å². The van der Waals surface area contributed by atoms with E-state index in [-0.39, 0.29) is 0 Å². The lowest BCUT2D eigenvalue weighted by molar-refractivity contribution is 1.56.